The monoisotopic (exact) mass is 1080 g/mol. The number of nitrogens with zero attached hydrogens (tertiary/aromatic N) is 12. The molecule has 2 fully saturated rings. The first-order valence-electron chi connectivity index (χ1n) is 22.1. The Hall–Kier alpha value is -6.26. The highest BCUT2D eigenvalue weighted by atomic mass is 32.2. The summed E-state index contributed by atoms with van der Waals surface area (Å²) in [4.78, 5) is 38.5. The number of piperidine rings is 2. The van der Waals surface area contributed by atoms with Crippen molar-refractivity contribution < 1.29 is 53.3 Å². The van der Waals surface area contributed by atoms with Gasteiger partial charge in [-0.2, -0.15) is 36.3 Å². The molecular formula is C44H42F6N12O6S4. The molecule has 18 nitrogen and oxygen atoms in total. The maximum atomic E-state index is 12.7. The minimum Gasteiger partial charge on any atom is -0.467 e. The van der Waals surface area contributed by atoms with Gasteiger partial charge in [0.1, 0.15) is 32.9 Å². The van der Waals surface area contributed by atoms with Crippen LogP contribution >= 0.6 is 34.4 Å². The summed E-state index contributed by atoms with van der Waals surface area (Å²) in [5.41, 5.74) is 4.50. The molecule has 2 atom stereocenters. The van der Waals surface area contributed by atoms with E-state index in [1.54, 1.807) is 33.7 Å². The van der Waals surface area contributed by atoms with E-state index in [1.165, 1.54) is 34.9 Å². The van der Waals surface area contributed by atoms with Crippen LogP contribution in [0, 0.1) is 11.8 Å². The van der Waals surface area contributed by atoms with Crippen LogP contribution in [-0.2, 0) is 22.2 Å². The number of thiazole rings is 2. The Bertz CT molecular complexity index is 3250. The Kier molecular flexibility index (Phi) is 14.6. The molecule has 28 heteroatoms. The Morgan fingerprint density at radius 2 is 1.08 bits per heavy atom. The van der Waals surface area contributed by atoms with Crippen LogP contribution in [0.4, 0.5) is 38.4 Å². The lowest BCUT2D eigenvalue weighted by Gasteiger charge is -2.33. The standard InChI is InChI=1S/C22H21F3N6O4S2.C22H21F3N6O2S2/c1-12(13-7-9-31(10-8-13)20-29-19(30-35-20)22(23,24)25)34-21-28-16-5-4-15(27-18(16)36-21)14-3-6-17(26-11-14)37(2,32)33;1-12(13-7-9-31(10-8-13)20-29-19(30-33-20)22(23,24)25)32-21-28-16-5-4-15(27-18(16)35-21)14-3-6-17(34-2)26-11-14/h3-6,11-13H,7-10H2,1-2H3;3-6,11-13H,7-10H2,1-2H3. The molecule has 2 aliphatic rings. The predicted octanol–water partition coefficient (Wildman–Crippen LogP) is 9.80. The number of fused-ring (bicyclic) bond motifs is 2. The number of pyridine rings is 4. The van der Waals surface area contributed by atoms with Gasteiger partial charge in [0, 0.05) is 56.0 Å². The number of alkyl halides is 6. The van der Waals surface area contributed by atoms with Crippen molar-refractivity contribution in [1.82, 2.24) is 50.2 Å². The molecule has 2 saturated heterocycles. The van der Waals surface area contributed by atoms with Crippen molar-refractivity contribution in [3.8, 4) is 32.9 Å². The lowest BCUT2D eigenvalue weighted by molar-refractivity contribution is -0.146. The number of ether oxygens (including phenoxy) is 2. The van der Waals surface area contributed by atoms with Crippen molar-refractivity contribution in [3.05, 3.63) is 72.6 Å². The van der Waals surface area contributed by atoms with Crippen LogP contribution < -0.4 is 19.3 Å². The number of hydrogen-bond acceptors (Lipinski definition) is 21. The summed E-state index contributed by atoms with van der Waals surface area (Å²) in [6.45, 7) is 5.87. The van der Waals surface area contributed by atoms with E-state index in [-0.39, 0.29) is 41.1 Å². The lowest BCUT2D eigenvalue weighted by Crippen LogP contribution is -2.38. The number of halogens is 6. The molecular weight excluding hydrogens is 1030 g/mol. The van der Waals surface area contributed by atoms with Crippen LogP contribution in [0.5, 0.6) is 10.4 Å². The largest absolute Gasteiger partial charge is 0.467 e. The maximum Gasteiger partial charge on any atom is 0.455 e. The minimum atomic E-state index is -4.64. The molecule has 10 rings (SSSR count). The van der Waals surface area contributed by atoms with Gasteiger partial charge in [0.15, 0.2) is 14.9 Å². The summed E-state index contributed by atoms with van der Waals surface area (Å²) in [6.07, 6.45) is -0.407. The topological polar surface area (TPSA) is 214 Å². The number of hydrogen-bond donors (Lipinski definition) is 0. The zero-order chi connectivity index (χ0) is 51.0. The van der Waals surface area contributed by atoms with Gasteiger partial charge in [-0.15, -0.1) is 11.8 Å². The van der Waals surface area contributed by atoms with E-state index in [1.807, 2.05) is 56.6 Å². The highest BCUT2D eigenvalue weighted by Gasteiger charge is 2.40. The number of thioether (sulfide) groups is 1. The summed E-state index contributed by atoms with van der Waals surface area (Å²) in [6, 6.07) is 14.3. The zero-order valence-corrected chi connectivity index (χ0v) is 41.7. The van der Waals surface area contributed by atoms with Crippen LogP contribution in [-0.4, -0.2) is 110 Å². The van der Waals surface area contributed by atoms with Gasteiger partial charge in [-0.3, -0.25) is 0 Å². The molecule has 0 N–H and O–H groups in total. The molecule has 8 aromatic heterocycles. The first kappa shape index (κ1) is 50.7. The smallest absolute Gasteiger partial charge is 0.455 e. The molecule has 72 heavy (non-hydrogen) atoms. The van der Waals surface area contributed by atoms with Crippen molar-refractivity contribution in [1.29, 1.82) is 0 Å². The van der Waals surface area contributed by atoms with Gasteiger partial charge in [-0.25, -0.2) is 38.3 Å². The Morgan fingerprint density at radius 1 is 0.639 bits per heavy atom. The van der Waals surface area contributed by atoms with Crippen molar-refractivity contribution in [2.24, 2.45) is 11.8 Å². The number of sulfone groups is 1. The highest BCUT2D eigenvalue weighted by Crippen LogP contribution is 2.36. The molecule has 8 aromatic rings. The molecule has 380 valence electrons. The molecule has 0 saturated carbocycles. The summed E-state index contributed by atoms with van der Waals surface area (Å²) < 4.78 is 121. The van der Waals surface area contributed by atoms with Gasteiger partial charge in [-0.05, 0) is 116 Å². The van der Waals surface area contributed by atoms with Crippen LogP contribution in [0.25, 0.3) is 43.2 Å². The van der Waals surface area contributed by atoms with Crippen LogP contribution in [0.1, 0.15) is 51.2 Å². The third-order valence-corrected chi connectivity index (χ3v) is 15.4. The summed E-state index contributed by atoms with van der Waals surface area (Å²) in [5.74, 6) is -2.16. The van der Waals surface area contributed by atoms with E-state index in [0.29, 0.717) is 71.0 Å². The van der Waals surface area contributed by atoms with Gasteiger partial charge in [0.25, 0.3) is 22.0 Å². The highest BCUT2D eigenvalue weighted by molar-refractivity contribution is 7.98. The third kappa shape index (κ3) is 11.8. The lowest BCUT2D eigenvalue weighted by atomic mass is 9.92. The van der Waals surface area contributed by atoms with Gasteiger partial charge in [-0.1, -0.05) is 22.7 Å². The van der Waals surface area contributed by atoms with E-state index in [0.717, 1.165) is 45.7 Å². The van der Waals surface area contributed by atoms with Crippen molar-refractivity contribution >= 4 is 77.0 Å². The SMILES string of the molecule is CC(Oc1nc2ccc(-c3ccc(S(C)(=O)=O)nc3)nc2s1)C1CCN(c2nc(C(F)(F)F)no2)CC1.CSc1ccc(-c2ccc3nc(OC(C)C4CCN(c5nc(C(F)(F)F)no5)CC4)sc3n2)cn1. The van der Waals surface area contributed by atoms with Gasteiger partial charge < -0.3 is 28.3 Å². The molecule has 0 spiro atoms. The molecule has 0 aromatic carbocycles. The van der Waals surface area contributed by atoms with E-state index >= 15 is 0 Å². The fourth-order valence-electron chi connectivity index (χ4n) is 7.97. The second-order valence-electron chi connectivity index (χ2n) is 16.8. The molecule has 0 amide bonds. The molecule has 0 radical (unpaired) electrons. The number of aromatic nitrogens is 10. The van der Waals surface area contributed by atoms with Crippen LogP contribution in [0.3, 0.4) is 0 Å². The average Bonchev–Trinajstić information content (AvgIpc) is 4.20. The third-order valence-electron chi connectivity index (χ3n) is 12.0. The Balaban J connectivity index is 0.000000178. The quantitative estimate of drug-likeness (QED) is 0.0822. The van der Waals surface area contributed by atoms with E-state index in [4.69, 9.17) is 23.5 Å². The Labute approximate surface area is 418 Å². The van der Waals surface area contributed by atoms with E-state index in [2.05, 4.69) is 45.2 Å². The Morgan fingerprint density at radius 3 is 1.44 bits per heavy atom. The number of anilines is 2. The summed E-state index contributed by atoms with van der Waals surface area (Å²) in [7, 11) is -3.39. The van der Waals surface area contributed by atoms with Crippen molar-refractivity contribution in [2.45, 2.75) is 74.1 Å². The summed E-state index contributed by atoms with van der Waals surface area (Å²) in [5, 5.41) is 8.00. The van der Waals surface area contributed by atoms with Gasteiger partial charge in [0.2, 0.25) is 0 Å². The molecule has 0 aliphatic carbocycles. The average molecular weight is 1080 g/mol. The second-order valence-corrected chi connectivity index (χ2v) is 21.5. The maximum absolute atomic E-state index is 12.7. The minimum absolute atomic E-state index is 0.00577. The zero-order valence-electron chi connectivity index (χ0n) is 38.5. The van der Waals surface area contributed by atoms with E-state index < -0.39 is 33.8 Å². The van der Waals surface area contributed by atoms with E-state index in [9.17, 15) is 34.8 Å². The molecule has 2 unspecified atom stereocenters. The van der Waals surface area contributed by atoms with Crippen molar-refractivity contribution in [3.63, 3.8) is 0 Å². The molecule has 0 bridgehead atoms. The van der Waals surface area contributed by atoms with Crippen LogP contribution in [0.15, 0.2) is 80.0 Å². The van der Waals surface area contributed by atoms with Crippen molar-refractivity contribution in [2.75, 3.05) is 48.5 Å². The first-order valence-corrected chi connectivity index (χ1v) is 26.9. The first-order chi connectivity index (χ1) is 34.3. The molecule has 10 heterocycles. The summed E-state index contributed by atoms with van der Waals surface area (Å²) >= 11 is 4.27. The molecule has 2 aliphatic heterocycles. The second kappa shape index (κ2) is 20.7. The van der Waals surface area contributed by atoms with Crippen LogP contribution in [0.2, 0.25) is 0 Å². The normalized spacial score (nSPS) is 16.2. The number of rotatable bonds is 12. The predicted molar refractivity (Wildman–Crippen MR) is 255 cm³/mol. The van der Waals surface area contributed by atoms with Gasteiger partial charge >= 0.3 is 24.4 Å². The van der Waals surface area contributed by atoms with Gasteiger partial charge in [0.05, 0.1) is 16.4 Å². The fourth-order valence-corrected chi connectivity index (χ4v) is 10.6. The fraction of sp³-hybridized carbons (Fsp3) is 0.409.